The van der Waals surface area contributed by atoms with E-state index in [-0.39, 0.29) is 12.1 Å². The maximum Gasteiger partial charge on any atom is 0.119 e. The molecule has 0 radical (unpaired) electrons. The molecule has 3 heteroatoms. The van der Waals surface area contributed by atoms with Crippen LogP contribution in [0.2, 0.25) is 0 Å². The standard InChI is InChI=1S/C11H15NO2/c1-7-11(12)10-5-9(13-2)4-3-8(10)6-14-7/h3-5,7,11H,6,12H2,1-2H3/t7-,11+/m1/s1. The largest absolute Gasteiger partial charge is 0.497 e. The second kappa shape index (κ2) is 3.59. The van der Waals surface area contributed by atoms with Crippen molar-refractivity contribution in [3.8, 4) is 5.75 Å². The van der Waals surface area contributed by atoms with Gasteiger partial charge >= 0.3 is 0 Å². The van der Waals surface area contributed by atoms with E-state index in [1.54, 1.807) is 7.11 Å². The number of nitrogens with two attached hydrogens (primary N) is 1. The summed E-state index contributed by atoms with van der Waals surface area (Å²) in [6.07, 6.45) is 0.0783. The van der Waals surface area contributed by atoms with Gasteiger partial charge in [0.15, 0.2) is 0 Å². The Bertz CT molecular complexity index is 338. The molecule has 0 aromatic heterocycles. The van der Waals surface area contributed by atoms with Gasteiger partial charge in [-0.05, 0) is 30.2 Å². The molecule has 0 fully saturated rings. The van der Waals surface area contributed by atoms with E-state index in [9.17, 15) is 0 Å². The topological polar surface area (TPSA) is 44.5 Å². The van der Waals surface area contributed by atoms with E-state index < -0.39 is 0 Å². The predicted octanol–water partition coefficient (Wildman–Crippen LogP) is 1.61. The minimum atomic E-state index is -0.0474. The number of methoxy groups -OCH3 is 1. The molecule has 0 saturated carbocycles. The van der Waals surface area contributed by atoms with Crippen LogP contribution in [0.25, 0.3) is 0 Å². The maximum atomic E-state index is 6.03. The number of benzene rings is 1. The summed E-state index contributed by atoms with van der Waals surface area (Å²) in [6.45, 7) is 2.64. The average Bonchev–Trinajstić information content (AvgIpc) is 2.23. The van der Waals surface area contributed by atoms with Crippen molar-refractivity contribution in [2.45, 2.75) is 25.7 Å². The molecule has 76 valence electrons. The van der Waals surface area contributed by atoms with Crippen LogP contribution in [-0.4, -0.2) is 13.2 Å². The van der Waals surface area contributed by atoms with Crippen LogP contribution in [0.3, 0.4) is 0 Å². The van der Waals surface area contributed by atoms with Crippen LogP contribution in [0.4, 0.5) is 0 Å². The van der Waals surface area contributed by atoms with Crippen molar-refractivity contribution in [2.75, 3.05) is 7.11 Å². The molecule has 3 nitrogen and oxygen atoms in total. The van der Waals surface area contributed by atoms with Crippen LogP contribution in [-0.2, 0) is 11.3 Å². The SMILES string of the molecule is COc1ccc2c(c1)[C@@H](N)[C@@H](C)OC2. The normalized spacial score (nSPS) is 25.6. The molecule has 0 saturated heterocycles. The molecule has 0 spiro atoms. The van der Waals surface area contributed by atoms with Gasteiger partial charge in [-0.25, -0.2) is 0 Å². The molecule has 14 heavy (non-hydrogen) atoms. The van der Waals surface area contributed by atoms with Crippen molar-refractivity contribution in [3.63, 3.8) is 0 Å². The number of fused-ring (bicyclic) bond motifs is 1. The van der Waals surface area contributed by atoms with Gasteiger partial charge in [0, 0.05) is 0 Å². The molecule has 1 heterocycles. The minimum Gasteiger partial charge on any atom is -0.497 e. The molecule has 2 N–H and O–H groups in total. The van der Waals surface area contributed by atoms with Crippen LogP contribution in [0.5, 0.6) is 5.75 Å². The molecule has 1 aliphatic heterocycles. The third-order valence-electron chi connectivity index (χ3n) is 2.72. The first-order valence-corrected chi connectivity index (χ1v) is 4.76. The lowest BCUT2D eigenvalue weighted by Gasteiger charge is -2.29. The Labute approximate surface area is 83.8 Å². The van der Waals surface area contributed by atoms with E-state index in [4.69, 9.17) is 15.2 Å². The van der Waals surface area contributed by atoms with E-state index in [0.717, 1.165) is 16.9 Å². The van der Waals surface area contributed by atoms with Crippen molar-refractivity contribution in [1.82, 2.24) is 0 Å². The summed E-state index contributed by atoms with van der Waals surface area (Å²) in [5, 5.41) is 0. The van der Waals surface area contributed by atoms with Gasteiger partial charge in [-0.15, -0.1) is 0 Å². The van der Waals surface area contributed by atoms with Gasteiger partial charge in [0.05, 0.1) is 25.9 Å². The number of hydrogen-bond donors (Lipinski definition) is 1. The van der Waals surface area contributed by atoms with Crippen LogP contribution < -0.4 is 10.5 Å². The molecule has 1 aromatic carbocycles. The summed E-state index contributed by atoms with van der Waals surface area (Å²) < 4.78 is 10.7. The maximum absolute atomic E-state index is 6.03. The van der Waals surface area contributed by atoms with Crippen molar-refractivity contribution < 1.29 is 9.47 Å². The van der Waals surface area contributed by atoms with Gasteiger partial charge < -0.3 is 15.2 Å². The third kappa shape index (κ3) is 1.49. The van der Waals surface area contributed by atoms with Crippen LogP contribution in [0, 0.1) is 0 Å². The van der Waals surface area contributed by atoms with Gasteiger partial charge in [0.1, 0.15) is 5.75 Å². The summed E-state index contributed by atoms with van der Waals surface area (Å²) >= 11 is 0. The molecule has 0 aliphatic carbocycles. The Morgan fingerprint density at radius 3 is 3.00 bits per heavy atom. The first-order valence-electron chi connectivity index (χ1n) is 4.76. The Hall–Kier alpha value is -1.06. The molecular weight excluding hydrogens is 178 g/mol. The highest BCUT2D eigenvalue weighted by molar-refractivity contribution is 5.38. The van der Waals surface area contributed by atoms with Gasteiger partial charge in [-0.1, -0.05) is 6.07 Å². The fourth-order valence-corrected chi connectivity index (χ4v) is 1.72. The number of ether oxygens (including phenoxy) is 2. The zero-order chi connectivity index (χ0) is 10.1. The van der Waals surface area contributed by atoms with Crippen LogP contribution in [0.1, 0.15) is 24.1 Å². The van der Waals surface area contributed by atoms with Crippen molar-refractivity contribution in [2.24, 2.45) is 5.73 Å². The fourth-order valence-electron chi connectivity index (χ4n) is 1.72. The summed E-state index contributed by atoms with van der Waals surface area (Å²) in [5.74, 6) is 0.855. The second-order valence-corrected chi connectivity index (χ2v) is 3.61. The zero-order valence-electron chi connectivity index (χ0n) is 8.49. The monoisotopic (exact) mass is 193 g/mol. The van der Waals surface area contributed by atoms with E-state index in [0.29, 0.717) is 6.61 Å². The summed E-state index contributed by atoms with van der Waals surface area (Å²) in [7, 11) is 1.66. The smallest absolute Gasteiger partial charge is 0.119 e. The first kappa shape index (κ1) is 9.49. The summed E-state index contributed by atoms with van der Waals surface area (Å²) in [6, 6.07) is 5.90. The van der Waals surface area contributed by atoms with Crippen molar-refractivity contribution in [1.29, 1.82) is 0 Å². The lowest BCUT2D eigenvalue weighted by molar-refractivity contribution is 0.0213. The highest BCUT2D eigenvalue weighted by Gasteiger charge is 2.24. The first-order chi connectivity index (χ1) is 6.72. The molecule has 0 bridgehead atoms. The lowest BCUT2D eigenvalue weighted by atomic mass is 9.95. The van der Waals surface area contributed by atoms with E-state index in [2.05, 4.69) is 0 Å². The zero-order valence-corrected chi connectivity index (χ0v) is 8.49. The Morgan fingerprint density at radius 2 is 2.29 bits per heavy atom. The van der Waals surface area contributed by atoms with Crippen LogP contribution >= 0.6 is 0 Å². The molecular formula is C11H15NO2. The molecule has 2 rings (SSSR count). The Morgan fingerprint density at radius 1 is 1.50 bits per heavy atom. The van der Waals surface area contributed by atoms with Gasteiger partial charge in [-0.2, -0.15) is 0 Å². The summed E-state index contributed by atoms with van der Waals surface area (Å²) in [4.78, 5) is 0. The third-order valence-corrected chi connectivity index (χ3v) is 2.72. The Kier molecular flexibility index (Phi) is 2.44. The summed E-state index contributed by atoms with van der Waals surface area (Å²) in [5.41, 5.74) is 8.34. The fraction of sp³-hybridized carbons (Fsp3) is 0.455. The number of hydrogen-bond acceptors (Lipinski definition) is 3. The van der Waals surface area contributed by atoms with Crippen molar-refractivity contribution >= 4 is 0 Å². The van der Waals surface area contributed by atoms with Crippen molar-refractivity contribution in [3.05, 3.63) is 29.3 Å². The van der Waals surface area contributed by atoms with E-state index in [1.807, 2.05) is 25.1 Å². The average molecular weight is 193 g/mol. The molecule has 1 aliphatic rings. The van der Waals surface area contributed by atoms with E-state index in [1.165, 1.54) is 0 Å². The minimum absolute atomic E-state index is 0.0474. The highest BCUT2D eigenvalue weighted by atomic mass is 16.5. The number of rotatable bonds is 1. The molecule has 0 amide bonds. The molecule has 2 atom stereocenters. The molecule has 0 unspecified atom stereocenters. The lowest BCUT2D eigenvalue weighted by Crippen LogP contribution is -2.31. The predicted molar refractivity (Wildman–Crippen MR) is 54.2 cm³/mol. The van der Waals surface area contributed by atoms with Crippen LogP contribution in [0.15, 0.2) is 18.2 Å². The van der Waals surface area contributed by atoms with E-state index >= 15 is 0 Å². The quantitative estimate of drug-likeness (QED) is 0.737. The van der Waals surface area contributed by atoms with Gasteiger partial charge in [0.2, 0.25) is 0 Å². The second-order valence-electron chi connectivity index (χ2n) is 3.61. The van der Waals surface area contributed by atoms with Gasteiger partial charge in [0.25, 0.3) is 0 Å². The molecule has 1 aromatic rings. The Balaban J connectivity index is 2.41. The van der Waals surface area contributed by atoms with Gasteiger partial charge in [-0.3, -0.25) is 0 Å². The highest BCUT2D eigenvalue weighted by Crippen LogP contribution is 2.30.